The highest BCUT2D eigenvalue weighted by molar-refractivity contribution is 5.78. The van der Waals surface area contributed by atoms with Crippen molar-refractivity contribution in [3.8, 4) is 22.6 Å². The first-order valence-electron chi connectivity index (χ1n) is 11.0. The third-order valence-corrected chi connectivity index (χ3v) is 5.25. The van der Waals surface area contributed by atoms with E-state index in [1.807, 2.05) is 41.2 Å². The summed E-state index contributed by atoms with van der Waals surface area (Å²) in [5.41, 5.74) is 3.85. The van der Waals surface area contributed by atoms with Crippen molar-refractivity contribution in [3.05, 3.63) is 59.8 Å². The van der Waals surface area contributed by atoms with Gasteiger partial charge in [0.1, 0.15) is 5.82 Å². The van der Waals surface area contributed by atoms with Gasteiger partial charge in [-0.3, -0.25) is 4.98 Å². The second kappa shape index (κ2) is 11.3. The van der Waals surface area contributed by atoms with Gasteiger partial charge >= 0.3 is 0 Å². The molecule has 3 heterocycles. The van der Waals surface area contributed by atoms with Crippen LogP contribution in [0.15, 0.2) is 42.6 Å². The lowest BCUT2D eigenvalue weighted by Gasteiger charge is -2.08. The Kier molecular flexibility index (Phi) is 8.19. The molecule has 0 radical (unpaired) electrons. The number of aryl methyl sites for hydroxylation is 2. The van der Waals surface area contributed by atoms with E-state index in [1.54, 1.807) is 0 Å². The van der Waals surface area contributed by atoms with E-state index >= 15 is 0 Å². The van der Waals surface area contributed by atoms with Crippen molar-refractivity contribution >= 4 is 0 Å². The van der Waals surface area contributed by atoms with Gasteiger partial charge < -0.3 is 0 Å². The van der Waals surface area contributed by atoms with Crippen molar-refractivity contribution < 1.29 is 0 Å². The van der Waals surface area contributed by atoms with Gasteiger partial charge in [0.15, 0.2) is 5.82 Å². The molecule has 8 heteroatoms. The molecular formula is C24H32N8. The molecule has 0 saturated carbocycles. The number of tetrazole rings is 1. The molecule has 168 valence electrons. The fraction of sp³-hybridized carbons (Fsp3) is 0.417. The van der Waals surface area contributed by atoms with E-state index in [4.69, 9.17) is 15.1 Å². The van der Waals surface area contributed by atoms with Gasteiger partial charge in [-0.2, -0.15) is 10.3 Å². The zero-order chi connectivity index (χ0) is 21.5. The van der Waals surface area contributed by atoms with Crippen LogP contribution in [0.25, 0.3) is 22.6 Å². The monoisotopic (exact) mass is 432 g/mol. The van der Waals surface area contributed by atoms with E-state index in [0.717, 1.165) is 72.6 Å². The summed E-state index contributed by atoms with van der Waals surface area (Å²) in [5.74, 6) is 2.58. The Labute approximate surface area is 189 Å². The average molecular weight is 433 g/mol. The summed E-state index contributed by atoms with van der Waals surface area (Å²) in [5, 5.41) is 19.2. The molecule has 0 aliphatic heterocycles. The molecule has 0 bridgehead atoms. The molecule has 8 nitrogen and oxygen atoms in total. The van der Waals surface area contributed by atoms with Crippen LogP contribution in [0.3, 0.4) is 0 Å². The van der Waals surface area contributed by atoms with Crippen LogP contribution < -0.4 is 0 Å². The Morgan fingerprint density at radius 3 is 2.41 bits per heavy atom. The Hall–Kier alpha value is -3.42. The van der Waals surface area contributed by atoms with Crippen LogP contribution in [0.2, 0.25) is 0 Å². The quantitative estimate of drug-likeness (QED) is 0.383. The number of nitrogens with zero attached hydrogens (tertiary/aromatic N) is 7. The lowest BCUT2D eigenvalue weighted by atomic mass is 10.0. The zero-order valence-electron chi connectivity index (χ0n) is 18.1. The molecule has 0 atom stereocenters. The molecule has 1 N–H and O–H groups in total. The molecule has 0 unspecified atom stereocenters. The van der Waals surface area contributed by atoms with Gasteiger partial charge in [0.2, 0.25) is 5.82 Å². The summed E-state index contributed by atoms with van der Waals surface area (Å²) in [6.45, 7) is 5.07. The highest BCUT2D eigenvalue weighted by Crippen LogP contribution is 2.28. The second-order valence-electron chi connectivity index (χ2n) is 7.64. The van der Waals surface area contributed by atoms with Gasteiger partial charge in [-0.15, -0.1) is 10.2 Å². The number of rotatable bonds is 10. The van der Waals surface area contributed by atoms with E-state index < -0.39 is 0 Å². The van der Waals surface area contributed by atoms with Crippen LogP contribution in [-0.4, -0.2) is 40.4 Å². The standard InChI is InChI=1S/C23H28N8.CH4/c1-3-5-11-21-25-22(12-6-4-2)31(28-21)16-17-13-14-20(24-15-17)18-9-7-8-10-19(18)23-26-29-30-27-23;/h7-10,13-15H,3-6,11-12,16H2,1-2H3,(H,26,27,29,30);1H4. The third kappa shape index (κ3) is 5.43. The smallest absolute Gasteiger partial charge is 0.205 e. The van der Waals surface area contributed by atoms with Gasteiger partial charge in [-0.25, -0.2) is 9.67 Å². The summed E-state index contributed by atoms with van der Waals surface area (Å²) < 4.78 is 2.05. The van der Waals surface area contributed by atoms with Crippen molar-refractivity contribution in [1.82, 2.24) is 40.4 Å². The first kappa shape index (κ1) is 23.2. The number of benzene rings is 1. The first-order chi connectivity index (χ1) is 15.3. The molecule has 0 amide bonds. The van der Waals surface area contributed by atoms with Gasteiger partial charge in [0, 0.05) is 30.2 Å². The molecule has 0 saturated heterocycles. The highest BCUT2D eigenvalue weighted by Gasteiger charge is 2.13. The maximum atomic E-state index is 4.80. The minimum atomic E-state index is 0. The molecule has 0 spiro atoms. The maximum Gasteiger partial charge on any atom is 0.205 e. The van der Waals surface area contributed by atoms with Crippen molar-refractivity contribution in [2.45, 2.75) is 66.3 Å². The summed E-state index contributed by atoms with van der Waals surface area (Å²) in [4.78, 5) is 9.51. The molecule has 0 aliphatic carbocycles. The molecule has 4 rings (SSSR count). The second-order valence-corrected chi connectivity index (χ2v) is 7.64. The predicted octanol–water partition coefficient (Wildman–Crippen LogP) is 4.89. The van der Waals surface area contributed by atoms with Crippen LogP contribution in [0, 0.1) is 0 Å². The lowest BCUT2D eigenvalue weighted by molar-refractivity contribution is 0.611. The van der Waals surface area contributed by atoms with Crippen molar-refractivity contribution in [2.24, 2.45) is 0 Å². The molecule has 32 heavy (non-hydrogen) atoms. The summed E-state index contributed by atoms with van der Waals surface area (Å²) >= 11 is 0. The van der Waals surface area contributed by atoms with E-state index in [1.165, 1.54) is 0 Å². The number of hydrogen-bond acceptors (Lipinski definition) is 6. The van der Waals surface area contributed by atoms with Gasteiger partial charge in [0.05, 0.1) is 12.2 Å². The fourth-order valence-corrected chi connectivity index (χ4v) is 3.54. The zero-order valence-corrected chi connectivity index (χ0v) is 18.1. The summed E-state index contributed by atoms with van der Waals surface area (Å²) in [6.07, 6.45) is 8.34. The summed E-state index contributed by atoms with van der Waals surface area (Å²) in [6, 6.07) is 12.1. The van der Waals surface area contributed by atoms with Crippen LogP contribution in [0.4, 0.5) is 0 Å². The molecule has 1 aromatic carbocycles. The van der Waals surface area contributed by atoms with Crippen LogP contribution in [0.5, 0.6) is 0 Å². The SMILES string of the molecule is C.CCCCc1nc(CCCC)n(Cc2ccc(-c3ccccc3-c3nn[nH]n3)nc2)n1. The maximum absolute atomic E-state index is 4.80. The molecule has 0 aliphatic rings. The number of pyridine rings is 1. The van der Waals surface area contributed by atoms with E-state index in [2.05, 4.69) is 40.5 Å². The van der Waals surface area contributed by atoms with Gasteiger partial charge in [0.25, 0.3) is 0 Å². The van der Waals surface area contributed by atoms with E-state index in [9.17, 15) is 0 Å². The Morgan fingerprint density at radius 1 is 0.938 bits per heavy atom. The van der Waals surface area contributed by atoms with Crippen molar-refractivity contribution in [1.29, 1.82) is 0 Å². The lowest BCUT2D eigenvalue weighted by Crippen LogP contribution is -2.07. The number of unbranched alkanes of at least 4 members (excludes halogenated alkanes) is 2. The third-order valence-electron chi connectivity index (χ3n) is 5.25. The molecule has 4 aromatic rings. The first-order valence-corrected chi connectivity index (χ1v) is 11.0. The number of nitrogens with one attached hydrogen (secondary N) is 1. The van der Waals surface area contributed by atoms with Gasteiger partial charge in [-0.05, 0) is 29.7 Å². The highest BCUT2D eigenvalue weighted by atomic mass is 15.5. The Balaban J connectivity index is 0.00000289. The predicted molar refractivity (Wildman–Crippen MR) is 126 cm³/mol. The van der Waals surface area contributed by atoms with Crippen LogP contribution in [-0.2, 0) is 19.4 Å². The summed E-state index contributed by atoms with van der Waals surface area (Å²) in [7, 11) is 0. The minimum absolute atomic E-state index is 0. The van der Waals surface area contributed by atoms with Crippen molar-refractivity contribution in [2.75, 3.05) is 0 Å². The minimum Gasteiger partial charge on any atom is -0.256 e. The molecule has 3 aromatic heterocycles. The fourth-order valence-electron chi connectivity index (χ4n) is 3.54. The number of H-pyrrole nitrogens is 1. The van der Waals surface area contributed by atoms with Crippen LogP contribution >= 0.6 is 0 Å². The number of hydrogen-bond donors (Lipinski definition) is 1. The van der Waals surface area contributed by atoms with Crippen molar-refractivity contribution in [3.63, 3.8) is 0 Å². The van der Waals surface area contributed by atoms with E-state index in [0.29, 0.717) is 12.4 Å². The van der Waals surface area contributed by atoms with E-state index in [-0.39, 0.29) is 7.43 Å². The average Bonchev–Trinajstić information content (AvgIpc) is 3.47. The Morgan fingerprint density at radius 2 is 1.72 bits per heavy atom. The normalized spacial score (nSPS) is 10.8. The topological polar surface area (TPSA) is 98.1 Å². The number of aromatic amines is 1. The van der Waals surface area contributed by atoms with Crippen LogP contribution in [0.1, 0.15) is 64.2 Å². The number of aromatic nitrogens is 8. The molecular weight excluding hydrogens is 400 g/mol. The Bertz CT molecular complexity index is 1080. The van der Waals surface area contributed by atoms with Gasteiger partial charge in [-0.1, -0.05) is 64.4 Å². The molecule has 0 fully saturated rings. The largest absolute Gasteiger partial charge is 0.256 e.